The van der Waals surface area contributed by atoms with Crippen LogP contribution in [-0.2, 0) is 16.7 Å². The fourth-order valence-corrected chi connectivity index (χ4v) is 4.59. The normalized spacial score (nSPS) is 13.6. The predicted molar refractivity (Wildman–Crippen MR) is 133 cm³/mol. The summed E-state index contributed by atoms with van der Waals surface area (Å²) in [6, 6.07) is 4.66. The Morgan fingerprint density at radius 3 is 2.50 bits per heavy atom. The van der Waals surface area contributed by atoms with Gasteiger partial charge in [-0.25, -0.2) is 4.39 Å². The zero-order chi connectivity index (χ0) is 26.7. The van der Waals surface area contributed by atoms with Gasteiger partial charge in [0.05, 0.1) is 34.9 Å². The van der Waals surface area contributed by atoms with Gasteiger partial charge < -0.3 is 15.1 Å². The van der Waals surface area contributed by atoms with E-state index in [0.29, 0.717) is 36.5 Å². The molecule has 10 heteroatoms. The quantitative estimate of drug-likeness (QED) is 0.267. The molecule has 2 N–H and O–H groups in total. The van der Waals surface area contributed by atoms with Gasteiger partial charge in [-0.05, 0) is 49.1 Å². The molecule has 0 aliphatic rings. The predicted octanol–water partition coefficient (Wildman–Crippen LogP) is 6.23. The fourth-order valence-electron chi connectivity index (χ4n) is 3.72. The van der Waals surface area contributed by atoms with Crippen molar-refractivity contribution in [3.8, 4) is 0 Å². The van der Waals surface area contributed by atoms with Crippen LogP contribution in [0.2, 0.25) is 0 Å². The lowest BCUT2D eigenvalue weighted by Crippen LogP contribution is -2.48. The van der Waals surface area contributed by atoms with E-state index in [4.69, 9.17) is 4.42 Å². The van der Waals surface area contributed by atoms with Crippen molar-refractivity contribution >= 4 is 23.5 Å². The van der Waals surface area contributed by atoms with E-state index in [2.05, 4.69) is 10.6 Å². The average Bonchev–Trinajstić information content (AvgIpc) is 3.31. The summed E-state index contributed by atoms with van der Waals surface area (Å²) >= 11 is 1.46. The molecule has 0 aliphatic carbocycles. The maximum absolute atomic E-state index is 14.3. The molecule has 0 radical (unpaired) electrons. The minimum Gasteiger partial charge on any atom is -0.468 e. The molecule has 5 nitrogen and oxygen atoms in total. The molecule has 2 rings (SSSR count). The van der Waals surface area contributed by atoms with Crippen molar-refractivity contribution in [3.05, 3.63) is 59.3 Å². The molecule has 1 aromatic heterocycles. The number of furan rings is 1. The number of thioether (sulfide) groups is 1. The van der Waals surface area contributed by atoms with Crippen LogP contribution in [0, 0.1) is 11.7 Å². The SMILES string of the molecule is CCCCC(NCC(CC(C)C)NC(=O)c1ccc(C(F)(F)F)cc1F)C(=O)CSCc1ccco1. The minimum absolute atomic E-state index is 0.0448. The van der Waals surface area contributed by atoms with Crippen LogP contribution in [0.4, 0.5) is 17.6 Å². The highest BCUT2D eigenvalue weighted by molar-refractivity contribution is 7.99. The Labute approximate surface area is 213 Å². The number of alkyl halides is 3. The number of carbonyl (C=O) groups excluding carboxylic acids is 2. The number of unbranched alkanes of at least 4 members (excludes halogenated alkanes) is 1. The van der Waals surface area contributed by atoms with E-state index in [1.165, 1.54) is 11.8 Å². The van der Waals surface area contributed by atoms with E-state index in [0.717, 1.165) is 24.7 Å². The zero-order valence-electron chi connectivity index (χ0n) is 20.8. The summed E-state index contributed by atoms with van der Waals surface area (Å²) in [5, 5.41) is 5.98. The number of amides is 1. The Bertz CT molecular complexity index is 965. The van der Waals surface area contributed by atoms with Crippen molar-refractivity contribution in [1.82, 2.24) is 10.6 Å². The van der Waals surface area contributed by atoms with E-state index < -0.39 is 41.1 Å². The van der Waals surface area contributed by atoms with Crippen molar-refractivity contribution in [2.75, 3.05) is 12.3 Å². The van der Waals surface area contributed by atoms with Crippen LogP contribution in [0.3, 0.4) is 0 Å². The topological polar surface area (TPSA) is 71.3 Å². The molecule has 1 amide bonds. The van der Waals surface area contributed by atoms with Crippen LogP contribution >= 0.6 is 11.8 Å². The number of halogens is 4. The molecule has 0 fully saturated rings. The van der Waals surface area contributed by atoms with Gasteiger partial charge in [-0.2, -0.15) is 13.2 Å². The monoisotopic (exact) mass is 530 g/mol. The second kappa shape index (κ2) is 14.4. The Hall–Kier alpha value is -2.33. The third kappa shape index (κ3) is 9.97. The molecule has 0 saturated heterocycles. The van der Waals surface area contributed by atoms with E-state index in [-0.39, 0.29) is 18.2 Å². The van der Waals surface area contributed by atoms with Crippen molar-refractivity contribution in [3.63, 3.8) is 0 Å². The Morgan fingerprint density at radius 2 is 1.92 bits per heavy atom. The molecular weight excluding hydrogens is 496 g/mol. The van der Waals surface area contributed by atoms with Gasteiger partial charge in [0.1, 0.15) is 11.6 Å². The van der Waals surface area contributed by atoms with Crippen LogP contribution in [-0.4, -0.2) is 36.1 Å². The number of benzene rings is 1. The molecule has 36 heavy (non-hydrogen) atoms. The highest BCUT2D eigenvalue weighted by Gasteiger charge is 2.32. The summed E-state index contributed by atoms with van der Waals surface area (Å²) < 4.78 is 58.1. The average molecular weight is 531 g/mol. The highest BCUT2D eigenvalue weighted by atomic mass is 32.2. The van der Waals surface area contributed by atoms with E-state index in [1.54, 1.807) is 12.3 Å². The summed E-state index contributed by atoms with van der Waals surface area (Å²) in [6.45, 7) is 6.23. The molecule has 2 atom stereocenters. The van der Waals surface area contributed by atoms with E-state index >= 15 is 0 Å². The smallest absolute Gasteiger partial charge is 0.416 e. The van der Waals surface area contributed by atoms with Crippen molar-refractivity contribution in [2.24, 2.45) is 5.92 Å². The number of rotatable bonds is 15. The molecule has 1 aromatic carbocycles. The third-order valence-electron chi connectivity index (χ3n) is 5.55. The molecule has 1 heterocycles. The Kier molecular flexibility index (Phi) is 12.0. The molecule has 0 saturated carbocycles. The van der Waals surface area contributed by atoms with Gasteiger partial charge in [0.2, 0.25) is 0 Å². The lowest BCUT2D eigenvalue weighted by Gasteiger charge is -2.25. The summed E-state index contributed by atoms with van der Waals surface area (Å²) in [6.07, 6.45) is -0.150. The maximum Gasteiger partial charge on any atom is 0.416 e. The van der Waals surface area contributed by atoms with Gasteiger partial charge in [-0.15, -0.1) is 11.8 Å². The summed E-state index contributed by atoms with van der Waals surface area (Å²) in [5.41, 5.74) is -1.61. The first-order valence-corrected chi connectivity index (χ1v) is 13.2. The minimum atomic E-state index is -4.70. The second-order valence-corrected chi connectivity index (χ2v) is 10.1. The second-order valence-electron chi connectivity index (χ2n) is 9.13. The first-order valence-electron chi connectivity index (χ1n) is 12.0. The lowest BCUT2D eigenvalue weighted by atomic mass is 10.0. The van der Waals surface area contributed by atoms with Gasteiger partial charge in [-0.3, -0.25) is 9.59 Å². The number of nitrogens with one attached hydrogen (secondary N) is 2. The molecule has 0 bridgehead atoms. The number of carbonyl (C=O) groups is 2. The van der Waals surface area contributed by atoms with Crippen molar-refractivity contribution in [2.45, 2.75) is 70.5 Å². The van der Waals surface area contributed by atoms with Crippen LogP contribution in [0.25, 0.3) is 0 Å². The molecule has 2 unspecified atom stereocenters. The molecule has 200 valence electrons. The lowest BCUT2D eigenvalue weighted by molar-refractivity contribution is -0.137. The highest BCUT2D eigenvalue weighted by Crippen LogP contribution is 2.30. The van der Waals surface area contributed by atoms with Gasteiger partial charge in [0, 0.05) is 12.6 Å². The largest absolute Gasteiger partial charge is 0.468 e. The Balaban J connectivity index is 2.01. The zero-order valence-corrected chi connectivity index (χ0v) is 21.6. The van der Waals surface area contributed by atoms with Crippen LogP contribution in [0.1, 0.15) is 68.1 Å². The summed E-state index contributed by atoms with van der Waals surface area (Å²) in [5.74, 6) is -0.112. The standard InChI is InChI=1S/C26H34F4N2O3S/c1-4-5-8-23(24(33)16-36-15-20-7-6-11-35-20)31-14-19(12-17(2)3)32-25(34)21-10-9-18(13-22(21)27)26(28,29)30/h6-7,9-11,13,17,19,23,31H,4-5,8,12,14-16H2,1-3H3,(H,32,34). The summed E-state index contributed by atoms with van der Waals surface area (Å²) in [7, 11) is 0. The molecule has 0 spiro atoms. The van der Waals surface area contributed by atoms with Crippen molar-refractivity contribution in [1.29, 1.82) is 0 Å². The van der Waals surface area contributed by atoms with Crippen LogP contribution < -0.4 is 10.6 Å². The summed E-state index contributed by atoms with van der Waals surface area (Å²) in [4.78, 5) is 25.6. The van der Waals surface area contributed by atoms with Crippen molar-refractivity contribution < 1.29 is 31.6 Å². The first-order chi connectivity index (χ1) is 17.0. The number of ketones is 1. The fraction of sp³-hybridized carbons (Fsp3) is 0.538. The van der Waals surface area contributed by atoms with Gasteiger partial charge in [-0.1, -0.05) is 33.6 Å². The van der Waals surface area contributed by atoms with Gasteiger partial charge in [0.15, 0.2) is 5.78 Å². The number of hydrogen-bond donors (Lipinski definition) is 2. The Morgan fingerprint density at radius 1 is 1.17 bits per heavy atom. The maximum atomic E-state index is 14.3. The third-order valence-corrected chi connectivity index (χ3v) is 6.52. The number of hydrogen-bond acceptors (Lipinski definition) is 5. The van der Waals surface area contributed by atoms with E-state index in [9.17, 15) is 27.2 Å². The molecule has 0 aliphatic heterocycles. The van der Waals surface area contributed by atoms with Gasteiger partial charge >= 0.3 is 6.18 Å². The molecule has 2 aromatic rings. The number of Topliss-reactive ketones (excluding diaryl/α,β-unsaturated/α-hetero) is 1. The van der Waals surface area contributed by atoms with Gasteiger partial charge in [0.25, 0.3) is 5.91 Å². The van der Waals surface area contributed by atoms with E-state index in [1.807, 2.05) is 26.8 Å². The van der Waals surface area contributed by atoms with Crippen LogP contribution in [0.15, 0.2) is 41.0 Å². The first kappa shape index (κ1) is 29.9. The van der Waals surface area contributed by atoms with Crippen LogP contribution in [0.5, 0.6) is 0 Å². The molecular formula is C26H34F4N2O3S.